The molecular weight excluding hydrogens is 436 g/mol. The molecule has 3 aliphatic rings. The molecule has 1 aromatic carbocycles. The fourth-order valence-electron chi connectivity index (χ4n) is 6.47. The lowest BCUT2D eigenvalue weighted by atomic mass is 9.89. The van der Waals surface area contributed by atoms with Crippen LogP contribution in [0.1, 0.15) is 77.2 Å². The molecule has 3 N–H and O–H groups in total. The molecule has 2 saturated heterocycles. The number of rotatable bonds is 9. The largest absolute Gasteiger partial charge is 0.354 e. The minimum absolute atomic E-state index is 0.0202. The summed E-state index contributed by atoms with van der Waals surface area (Å²) in [6.45, 7) is 6.45. The Morgan fingerprint density at radius 2 is 1.86 bits per heavy atom. The van der Waals surface area contributed by atoms with E-state index in [1.54, 1.807) is 0 Å². The van der Waals surface area contributed by atoms with E-state index >= 15 is 0 Å². The van der Waals surface area contributed by atoms with Gasteiger partial charge in [-0.25, -0.2) is 0 Å². The molecule has 194 valence electrons. The molecule has 4 atom stereocenters. The molecule has 2 heterocycles. The molecule has 0 spiro atoms. The van der Waals surface area contributed by atoms with Crippen molar-refractivity contribution >= 4 is 11.8 Å². The van der Waals surface area contributed by atoms with E-state index in [0.29, 0.717) is 37.3 Å². The normalized spacial score (nSPS) is 27.0. The second-order valence-corrected chi connectivity index (χ2v) is 11.6. The third-order valence-corrected chi connectivity index (χ3v) is 8.38. The van der Waals surface area contributed by atoms with Gasteiger partial charge in [0.2, 0.25) is 11.8 Å². The van der Waals surface area contributed by atoms with Gasteiger partial charge in [-0.3, -0.25) is 14.5 Å². The first kappa shape index (κ1) is 26.2. The van der Waals surface area contributed by atoms with Crippen LogP contribution in [0.15, 0.2) is 30.3 Å². The molecule has 2 unspecified atom stereocenters. The van der Waals surface area contributed by atoms with Crippen molar-refractivity contribution in [2.75, 3.05) is 19.6 Å². The maximum atomic E-state index is 13.9. The lowest BCUT2D eigenvalue weighted by Gasteiger charge is -2.33. The van der Waals surface area contributed by atoms with Crippen molar-refractivity contribution in [1.82, 2.24) is 15.1 Å². The maximum Gasteiger partial charge on any atom is 0.242 e. The lowest BCUT2D eigenvalue weighted by Crippen LogP contribution is -2.54. The number of nitrogens with zero attached hydrogens (tertiary/aromatic N) is 2. The van der Waals surface area contributed by atoms with Crippen LogP contribution < -0.4 is 11.1 Å². The van der Waals surface area contributed by atoms with Crippen molar-refractivity contribution in [2.24, 2.45) is 17.6 Å². The van der Waals surface area contributed by atoms with E-state index < -0.39 is 6.04 Å². The molecule has 4 rings (SSSR count). The third kappa shape index (κ3) is 6.85. The number of hydrogen-bond donors (Lipinski definition) is 2. The standard InChI is InChI=1S/C29H46N4O2/c1-21(2)17-26(28(34)31-19-23-11-7-4-8-12-23)32-16-15-25(14-13-22-9-5-3-6-10-22)33-20-24(30)18-27(33)29(32)35/h3,5-6,9-10,21,23-27H,4,7-8,11-20,30H2,1-2H3,(H,31,34)/t24-,25?,26-,27?/m1/s1. The highest BCUT2D eigenvalue weighted by Gasteiger charge is 2.45. The van der Waals surface area contributed by atoms with Crippen LogP contribution in [0.25, 0.3) is 0 Å². The molecule has 1 saturated carbocycles. The maximum absolute atomic E-state index is 13.9. The first-order chi connectivity index (χ1) is 16.9. The second kappa shape index (κ2) is 12.4. The van der Waals surface area contributed by atoms with Gasteiger partial charge in [0.25, 0.3) is 0 Å². The number of amides is 2. The Morgan fingerprint density at radius 1 is 1.11 bits per heavy atom. The van der Waals surface area contributed by atoms with Gasteiger partial charge in [0.1, 0.15) is 6.04 Å². The molecule has 3 fully saturated rings. The third-order valence-electron chi connectivity index (χ3n) is 8.38. The van der Waals surface area contributed by atoms with Gasteiger partial charge in [0.05, 0.1) is 6.04 Å². The van der Waals surface area contributed by atoms with E-state index in [-0.39, 0.29) is 23.9 Å². The predicted molar refractivity (Wildman–Crippen MR) is 141 cm³/mol. The average molecular weight is 483 g/mol. The van der Waals surface area contributed by atoms with Crippen molar-refractivity contribution in [3.05, 3.63) is 35.9 Å². The summed E-state index contributed by atoms with van der Waals surface area (Å²) in [6.07, 6.45) is 10.6. The molecule has 0 radical (unpaired) electrons. The minimum Gasteiger partial charge on any atom is -0.354 e. The van der Waals surface area contributed by atoms with Crippen LogP contribution in [0.4, 0.5) is 0 Å². The van der Waals surface area contributed by atoms with Gasteiger partial charge < -0.3 is 16.0 Å². The van der Waals surface area contributed by atoms with Crippen LogP contribution in [0.5, 0.6) is 0 Å². The number of nitrogens with one attached hydrogen (secondary N) is 1. The van der Waals surface area contributed by atoms with E-state index in [1.165, 1.54) is 37.7 Å². The highest BCUT2D eigenvalue weighted by Crippen LogP contribution is 2.31. The van der Waals surface area contributed by atoms with Gasteiger partial charge in [0.15, 0.2) is 0 Å². The zero-order chi connectivity index (χ0) is 24.8. The molecule has 6 nitrogen and oxygen atoms in total. The van der Waals surface area contributed by atoms with Crippen LogP contribution in [-0.4, -0.2) is 65.4 Å². The lowest BCUT2D eigenvalue weighted by molar-refractivity contribution is -0.143. The van der Waals surface area contributed by atoms with Gasteiger partial charge in [-0.15, -0.1) is 0 Å². The summed E-state index contributed by atoms with van der Waals surface area (Å²) < 4.78 is 0. The number of carbonyl (C=O) groups excluding carboxylic acids is 2. The summed E-state index contributed by atoms with van der Waals surface area (Å²) >= 11 is 0. The van der Waals surface area contributed by atoms with Crippen LogP contribution in [-0.2, 0) is 16.0 Å². The van der Waals surface area contributed by atoms with Crippen LogP contribution in [0.2, 0.25) is 0 Å². The van der Waals surface area contributed by atoms with Crippen molar-refractivity contribution < 1.29 is 9.59 Å². The number of nitrogens with two attached hydrogens (primary N) is 1. The Kier molecular flexibility index (Phi) is 9.23. The highest BCUT2D eigenvalue weighted by molar-refractivity contribution is 5.90. The summed E-state index contributed by atoms with van der Waals surface area (Å²) in [5, 5.41) is 3.25. The first-order valence-electron chi connectivity index (χ1n) is 14.1. The quantitative estimate of drug-likeness (QED) is 0.562. The summed E-state index contributed by atoms with van der Waals surface area (Å²) in [5.74, 6) is 1.07. The Morgan fingerprint density at radius 3 is 2.57 bits per heavy atom. The topological polar surface area (TPSA) is 78.7 Å². The molecule has 1 aromatic rings. The molecule has 1 aliphatic carbocycles. The molecule has 0 bridgehead atoms. The van der Waals surface area contributed by atoms with E-state index in [2.05, 4.69) is 54.4 Å². The SMILES string of the molecule is CC(C)C[C@H](C(=O)NCC1CCCCC1)N1CCC(CCc2ccccc2)N2C[C@H](N)CC2C1=O. The molecule has 35 heavy (non-hydrogen) atoms. The zero-order valence-corrected chi connectivity index (χ0v) is 21.8. The van der Waals surface area contributed by atoms with Gasteiger partial charge in [-0.1, -0.05) is 63.4 Å². The number of benzene rings is 1. The molecule has 2 amide bonds. The second-order valence-electron chi connectivity index (χ2n) is 11.6. The zero-order valence-electron chi connectivity index (χ0n) is 21.8. The highest BCUT2D eigenvalue weighted by atomic mass is 16.2. The van der Waals surface area contributed by atoms with Crippen LogP contribution in [0.3, 0.4) is 0 Å². The monoisotopic (exact) mass is 482 g/mol. The van der Waals surface area contributed by atoms with Crippen molar-refractivity contribution in [3.8, 4) is 0 Å². The number of fused-ring (bicyclic) bond motifs is 1. The van der Waals surface area contributed by atoms with Crippen molar-refractivity contribution in [3.63, 3.8) is 0 Å². The molecular formula is C29H46N4O2. The summed E-state index contributed by atoms with van der Waals surface area (Å²) in [7, 11) is 0. The smallest absolute Gasteiger partial charge is 0.242 e. The minimum atomic E-state index is -0.391. The van der Waals surface area contributed by atoms with E-state index in [9.17, 15) is 9.59 Å². The number of aryl methyl sites for hydroxylation is 1. The number of hydrogen-bond acceptors (Lipinski definition) is 4. The van der Waals surface area contributed by atoms with E-state index in [1.807, 2.05) is 4.90 Å². The molecule has 0 aromatic heterocycles. The predicted octanol–water partition coefficient (Wildman–Crippen LogP) is 3.73. The van der Waals surface area contributed by atoms with Gasteiger partial charge in [-0.05, 0) is 62.3 Å². The van der Waals surface area contributed by atoms with Crippen molar-refractivity contribution in [1.29, 1.82) is 0 Å². The fraction of sp³-hybridized carbons (Fsp3) is 0.724. The Bertz CT molecular complexity index is 823. The van der Waals surface area contributed by atoms with Gasteiger partial charge >= 0.3 is 0 Å². The fourth-order valence-corrected chi connectivity index (χ4v) is 6.47. The van der Waals surface area contributed by atoms with Crippen LogP contribution >= 0.6 is 0 Å². The Balaban J connectivity index is 1.46. The van der Waals surface area contributed by atoms with Gasteiger partial charge in [0, 0.05) is 31.7 Å². The Hall–Kier alpha value is -1.92. The van der Waals surface area contributed by atoms with Crippen LogP contribution in [0, 0.1) is 11.8 Å². The number of carbonyl (C=O) groups is 2. The summed E-state index contributed by atoms with van der Waals surface area (Å²) in [5.41, 5.74) is 7.71. The molecule has 2 aliphatic heterocycles. The Labute approximate surface area is 212 Å². The molecule has 6 heteroatoms. The summed E-state index contributed by atoms with van der Waals surface area (Å²) in [6, 6.07) is 10.3. The van der Waals surface area contributed by atoms with Gasteiger partial charge in [-0.2, -0.15) is 0 Å². The van der Waals surface area contributed by atoms with E-state index in [0.717, 1.165) is 32.4 Å². The average Bonchev–Trinajstić information content (AvgIpc) is 3.20. The van der Waals surface area contributed by atoms with Crippen molar-refractivity contribution in [2.45, 2.75) is 102 Å². The first-order valence-corrected chi connectivity index (χ1v) is 14.1. The van der Waals surface area contributed by atoms with E-state index in [4.69, 9.17) is 5.73 Å². The summed E-state index contributed by atoms with van der Waals surface area (Å²) in [4.78, 5) is 31.6.